The summed E-state index contributed by atoms with van der Waals surface area (Å²) in [5.41, 5.74) is 1.39. The minimum atomic E-state index is -0.993. The number of halogens is 2. The first-order chi connectivity index (χ1) is 10.1. The van der Waals surface area contributed by atoms with Crippen LogP contribution in [0.5, 0.6) is 0 Å². The number of carbonyl (C=O) groups excluding carboxylic acids is 1. The van der Waals surface area contributed by atoms with Gasteiger partial charge in [-0.1, -0.05) is 30.3 Å². The molecule has 0 heterocycles. The second-order valence-corrected chi connectivity index (χ2v) is 5.03. The molecule has 0 unspecified atom stereocenters. The first kappa shape index (κ1) is 15.3. The van der Waals surface area contributed by atoms with Crippen LogP contribution in [0, 0.1) is 11.6 Å². The van der Waals surface area contributed by atoms with E-state index >= 15 is 0 Å². The van der Waals surface area contributed by atoms with Crippen molar-refractivity contribution < 1.29 is 13.6 Å². The fourth-order valence-electron chi connectivity index (χ4n) is 2.05. The van der Waals surface area contributed by atoms with Gasteiger partial charge in [0.25, 0.3) is 0 Å². The molecule has 4 heteroatoms. The Morgan fingerprint density at radius 3 is 2.43 bits per heavy atom. The topological polar surface area (TPSA) is 20.3 Å². The van der Waals surface area contributed by atoms with E-state index in [1.807, 2.05) is 42.3 Å². The molecule has 0 aromatic heterocycles. The van der Waals surface area contributed by atoms with Crippen molar-refractivity contribution in [3.8, 4) is 0 Å². The molecule has 0 atom stereocenters. The van der Waals surface area contributed by atoms with Crippen LogP contribution in [-0.4, -0.2) is 30.8 Å². The summed E-state index contributed by atoms with van der Waals surface area (Å²) in [6, 6.07) is 13.2. The maximum Gasteiger partial charge on any atom is 0.176 e. The Hall–Kier alpha value is -2.07. The van der Waals surface area contributed by atoms with E-state index in [0.717, 1.165) is 25.1 Å². The van der Waals surface area contributed by atoms with Crippen molar-refractivity contribution in [3.05, 3.63) is 71.3 Å². The summed E-state index contributed by atoms with van der Waals surface area (Å²) in [5.74, 6) is -2.15. The third kappa shape index (κ3) is 4.46. The lowest BCUT2D eigenvalue weighted by molar-refractivity contribution is 0.0946. The third-order valence-electron chi connectivity index (χ3n) is 3.28. The van der Waals surface area contributed by atoms with Crippen molar-refractivity contribution in [1.29, 1.82) is 0 Å². The highest BCUT2D eigenvalue weighted by Crippen LogP contribution is 2.10. The molecule has 0 aliphatic heterocycles. The van der Waals surface area contributed by atoms with Crippen molar-refractivity contribution in [3.63, 3.8) is 0 Å². The van der Waals surface area contributed by atoms with E-state index in [1.165, 1.54) is 11.6 Å². The molecule has 2 aromatic rings. The summed E-state index contributed by atoms with van der Waals surface area (Å²) < 4.78 is 25.9. The molecule has 2 rings (SSSR count). The number of rotatable bonds is 6. The molecule has 0 N–H and O–H groups in total. The van der Waals surface area contributed by atoms with Gasteiger partial charge in [-0.05, 0) is 37.2 Å². The number of benzene rings is 2. The van der Waals surface area contributed by atoms with Gasteiger partial charge in [0.15, 0.2) is 17.4 Å². The minimum absolute atomic E-state index is 0.178. The standard InChI is InChI=1S/C17H17F2NO/c1-20(10-9-13-5-3-2-4-6-13)12-17(21)14-7-8-15(18)16(19)11-14/h2-8,11H,9-10,12H2,1H3. The van der Waals surface area contributed by atoms with Gasteiger partial charge in [-0.3, -0.25) is 9.69 Å². The number of ketones is 1. The molecule has 0 spiro atoms. The average Bonchev–Trinajstić information content (AvgIpc) is 2.49. The molecule has 21 heavy (non-hydrogen) atoms. The van der Waals surface area contributed by atoms with Crippen molar-refractivity contribution in [2.24, 2.45) is 0 Å². The molecule has 0 amide bonds. The van der Waals surface area contributed by atoms with Gasteiger partial charge in [-0.25, -0.2) is 8.78 Å². The highest BCUT2D eigenvalue weighted by molar-refractivity contribution is 5.97. The minimum Gasteiger partial charge on any atom is -0.299 e. The van der Waals surface area contributed by atoms with Crippen LogP contribution in [-0.2, 0) is 6.42 Å². The van der Waals surface area contributed by atoms with Gasteiger partial charge in [-0.2, -0.15) is 0 Å². The zero-order valence-electron chi connectivity index (χ0n) is 11.9. The lowest BCUT2D eigenvalue weighted by Crippen LogP contribution is -2.28. The average molecular weight is 289 g/mol. The first-order valence-corrected chi connectivity index (χ1v) is 6.77. The number of carbonyl (C=O) groups is 1. The second-order valence-electron chi connectivity index (χ2n) is 5.03. The predicted octanol–water partition coefficient (Wildman–Crippen LogP) is 3.32. The van der Waals surface area contributed by atoms with Crippen molar-refractivity contribution in [2.75, 3.05) is 20.1 Å². The van der Waals surface area contributed by atoms with E-state index in [1.54, 1.807) is 0 Å². The number of likely N-dealkylation sites (N-methyl/N-ethyl adjacent to an activating group) is 1. The van der Waals surface area contributed by atoms with Gasteiger partial charge in [0.2, 0.25) is 0 Å². The highest BCUT2D eigenvalue weighted by Gasteiger charge is 2.12. The molecule has 0 aliphatic carbocycles. The van der Waals surface area contributed by atoms with Gasteiger partial charge in [0.05, 0.1) is 6.54 Å². The first-order valence-electron chi connectivity index (χ1n) is 6.77. The zero-order valence-corrected chi connectivity index (χ0v) is 11.9. The van der Waals surface area contributed by atoms with Crippen LogP contribution in [0.25, 0.3) is 0 Å². The van der Waals surface area contributed by atoms with E-state index in [9.17, 15) is 13.6 Å². The Morgan fingerprint density at radius 2 is 1.76 bits per heavy atom. The van der Waals surface area contributed by atoms with Crippen molar-refractivity contribution in [2.45, 2.75) is 6.42 Å². The SMILES string of the molecule is CN(CCc1ccccc1)CC(=O)c1ccc(F)c(F)c1. The lowest BCUT2D eigenvalue weighted by atomic mass is 10.1. The fraction of sp³-hybridized carbons (Fsp3) is 0.235. The number of hydrogen-bond donors (Lipinski definition) is 0. The fourth-order valence-corrected chi connectivity index (χ4v) is 2.05. The van der Waals surface area contributed by atoms with Crippen LogP contribution in [0.15, 0.2) is 48.5 Å². The second kappa shape index (κ2) is 7.09. The summed E-state index contributed by atoms with van der Waals surface area (Å²) in [6.45, 7) is 0.900. The van der Waals surface area contributed by atoms with Crippen molar-refractivity contribution >= 4 is 5.78 Å². The summed E-state index contributed by atoms with van der Waals surface area (Å²) in [4.78, 5) is 13.9. The summed E-state index contributed by atoms with van der Waals surface area (Å²) in [5, 5.41) is 0. The Kier molecular flexibility index (Phi) is 5.17. The van der Waals surface area contributed by atoms with E-state index in [0.29, 0.717) is 0 Å². The lowest BCUT2D eigenvalue weighted by Gasteiger charge is -2.15. The van der Waals surface area contributed by atoms with E-state index < -0.39 is 11.6 Å². The van der Waals surface area contributed by atoms with Gasteiger partial charge in [0, 0.05) is 12.1 Å². The molecule has 0 radical (unpaired) electrons. The monoisotopic (exact) mass is 289 g/mol. The Balaban J connectivity index is 1.88. The maximum atomic E-state index is 13.1. The molecular weight excluding hydrogens is 272 g/mol. The Morgan fingerprint density at radius 1 is 1.05 bits per heavy atom. The third-order valence-corrected chi connectivity index (χ3v) is 3.28. The number of nitrogens with zero attached hydrogens (tertiary/aromatic N) is 1. The predicted molar refractivity (Wildman–Crippen MR) is 78.3 cm³/mol. The molecule has 0 aliphatic rings. The normalized spacial score (nSPS) is 10.9. The van der Waals surface area contributed by atoms with Crippen LogP contribution in [0.4, 0.5) is 8.78 Å². The highest BCUT2D eigenvalue weighted by atomic mass is 19.2. The smallest absolute Gasteiger partial charge is 0.176 e. The molecule has 0 bridgehead atoms. The summed E-state index contributed by atoms with van der Waals surface area (Å²) in [7, 11) is 1.83. The van der Waals surface area contributed by atoms with Crippen LogP contribution < -0.4 is 0 Å². The molecule has 0 fully saturated rings. The summed E-state index contributed by atoms with van der Waals surface area (Å²) >= 11 is 0. The van der Waals surface area contributed by atoms with E-state index in [4.69, 9.17) is 0 Å². The number of Topliss-reactive ketones (excluding diaryl/α,β-unsaturated/α-hetero) is 1. The maximum absolute atomic E-state index is 13.1. The van der Waals surface area contributed by atoms with Gasteiger partial charge >= 0.3 is 0 Å². The van der Waals surface area contributed by atoms with Crippen LogP contribution in [0.1, 0.15) is 15.9 Å². The largest absolute Gasteiger partial charge is 0.299 e. The molecule has 2 nitrogen and oxygen atoms in total. The van der Waals surface area contributed by atoms with Crippen LogP contribution in [0.3, 0.4) is 0 Å². The van der Waals surface area contributed by atoms with Crippen molar-refractivity contribution in [1.82, 2.24) is 4.90 Å². The van der Waals surface area contributed by atoms with Gasteiger partial charge in [0.1, 0.15) is 0 Å². The quantitative estimate of drug-likeness (QED) is 0.760. The molecule has 0 saturated heterocycles. The Labute approximate surface area is 123 Å². The molecular formula is C17H17F2NO. The van der Waals surface area contributed by atoms with E-state index in [-0.39, 0.29) is 17.9 Å². The number of hydrogen-bond acceptors (Lipinski definition) is 2. The molecule has 0 saturated carbocycles. The zero-order chi connectivity index (χ0) is 15.2. The van der Waals surface area contributed by atoms with Gasteiger partial charge < -0.3 is 0 Å². The van der Waals surface area contributed by atoms with E-state index in [2.05, 4.69) is 0 Å². The van der Waals surface area contributed by atoms with Gasteiger partial charge in [-0.15, -0.1) is 0 Å². The Bertz CT molecular complexity index is 613. The van der Waals surface area contributed by atoms with Crippen LogP contribution >= 0.6 is 0 Å². The molecule has 110 valence electrons. The molecule has 2 aromatic carbocycles. The summed E-state index contributed by atoms with van der Waals surface area (Å²) in [6.07, 6.45) is 0.836. The van der Waals surface area contributed by atoms with Crippen LogP contribution in [0.2, 0.25) is 0 Å².